The molecule has 0 aliphatic heterocycles. The molecule has 0 saturated carbocycles. The summed E-state index contributed by atoms with van der Waals surface area (Å²) >= 11 is 0. The molecule has 0 spiro atoms. The first-order valence-electron chi connectivity index (χ1n) is 6.94. The van der Waals surface area contributed by atoms with Crippen LogP contribution in [0.5, 0.6) is 0 Å². The van der Waals surface area contributed by atoms with Crippen LogP contribution in [0.1, 0.15) is 40.0 Å². The quantitative estimate of drug-likeness (QED) is 0.415. The summed E-state index contributed by atoms with van der Waals surface area (Å²) in [6.07, 6.45) is 6.53. The molecule has 0 aromatic rings. The summed E-state index contributed by atoms with van der Waals surface area (Å²) in [6, 6.07) is 0. The monoisotopic (exact) mass is 338 g/mol. The van der Waals surface area contributed by atoms with E-state index in [-0.39, 0.29) is 11.7 Å². The van der Waals surface area contributed by atoms with Crippen molar-refractivity contribution in [3.8, 4) is 0 Å². The third-order valence-electron chi connectivity index (χ3n) is 4.23. The van der Waals surface area contributed by atoms with Gasteiger partial charge in [0.15, 0.2) is 0 Å². The van der Waals surface area contributed by atoms with Crippen molar-refractivity contribution in [3.63, 3.8) is 0 Å². The van der Waals surface area contributed by atoms with Crippen molar-refractivity contribution < 1.29 is 25.8 Å². The standard InChI is InChI=1S/C15H21F3O3S/c1-5-11(2)9-10-14(4)12(3)7-6-8-13(14)21-22(19,20)15(16,17)18/h5,8-9,12H,1,6-7,10H2,2-4H3/b11-9-/t12-,14-/m0/s1. The van der Waals surface area contributed by atoms with Gasteiger partial charge in [-0.15, -0.1) is 0 Å². The fraction of sp³-hybridized carbons (Fsp3) is 0.600. The van der Waals surface area contributed by atoms with Gasteiger partial charge in [0.2, 0.25) is 0 Å². The molecule has 0 amide bonds. The van der Waals surface area contributed by atoms with E-state index in [2.05, 4.69) is 10.8 Å². The van der Waals surface area contributed by atoms with Gasteiger partial charge in [0.25, 0.3) is 0 Å². The molecule has 1 aliphatic rings. The van der Waals surface area contributed by atoms with Crippen LogP contribution in [-0.4, -0.2) is 13.9 Å². The molecule has 0 aromatic heterocycles. The normalized spacial score (nSPS) is 27.3. The molecule has 22 heavy (non-hydrogen) atoms. The van der Waals surface area contributed by atoms with Crippen molar-refractivity contribution in [2.24, 2.45) is 11.3 Å². The smallest absolute Gasteiger partial charge is 0.380 e. The lowest BCUT2D eigenvalue weighted by atomic mass is 9.69. The van der Waals surface area contributed by atoms with Crippen LogP contribution in [0.2, 0.25) is 0 Å². The van der Waals surface area contributed by atoms with Crippen molar-refractivity contribution in [1.29, 1.82) is 0 Å². The highest BCUT2D eigenvalue weighted by molar-refractivity contribution is 7.87. The maximum absolute atomic E-state index is 12.5. The minimum Gasteiger partial charge on any atom is -0.380 e. The molecular formula is C15H21F3O3S. The van der Waals surface area contributed by atoms with Gasteiger partial charge < -0.3 is 4.18 Å². The molecule has 0 N–H and O–H groups in total. The summed E-state index contributed by atoms with van der Waals surface area (Å²) in [4.78, 5) is 0. The van der Waals surface area contributed by atoms with Gasteiger partial charge in [0, 0.05) is 5.41 Å². The number of alkyl halides is 3. The highest BCUT2D eigenvalue weighted by Gasteiger charge is 2.51. The average molecular weight is 338 g/mol. The fourth-order valence-electron chi connectivity index (χ4n) is 2.31. The molecule has 1 aliphatic carbocycles. The van der Waals surface area contributed by atoms with Crippen molar-refractivity contribution >= 4 is 10.1 Å². The zero-order chi connectivity index (χ0) is 17.2. The first kappa shape index (κ1) is 18.8. The second-order valence-electron chi connectivity index (χ2n) is 5.80. The number of hydrogen-bond donors (Lipinski definition) is 0. The van der Waals surface area contributed by atoms with Crippen LogP contribution in [0.25, 0.3) is 0 Å². The second-order valence-corrected chi connectivity index (χ2v) is 7.34. The molecule has 0 aromatic carbocycles. The molecule has 0 radical (unpaired) electrons. The van der Waals surface area contributed by atoms with E-state index in [0.717, 1.165) is 12.0 Å². The highest BCUT2D eigenvalue weighted by Crippen LogP contribution is 2.47. The Hall–Kier alpha value is -1.24. The molecule has 0 saturated heterocycles. The first-order chi connectivity index (χ1) is 9.94. The van der Waals surface area contributed by atoms with Gasteiger partial charge in [-0.2, -0.15) is 21.6 Å². The average Bonchev–Trinajstić information content (AvgIpc) is 2.40. The number of rotatable bonds is 5. The Bertz CT molecular complexity index is 588. The van der Waals surface area contributed by atoms with Crippen molar-refractivity contribution in [3.05, 3.63) is 36.1 Å². The Morgan fingerprint density at radius 1 is 1.55 bits per heavy atom. The molecule has 1 rings (SSSR count). The zero-order valence-corrected chi connectivity index (χ0v) is 13.7. The lowest BCUT2D eigenvalue weighted by Gasteiger charge is -2.39. The minimum absolute atomic E-state index is 0.00945. The van der Waals surface area contributed by atoms with Crippen LogP contribution in [0, 0.1) is 11.3 Å². The number of allylic oxidation sites excluding steroid dienone is 5. The fourth-order valence-corrected chi connectivity index (χ4v) is 2.90. The number of hydrogen-bond acceptors (Lipinski definition) is 3. The van der Waals surface area contributed by atoms with Crippen molar-refractivity contribution in [1.82, 2.24) is 0 Å². The molecule has 0 bridgehead atoms. The molecule has 2 atom stereocenters. The molecular weight excluding hydrogens is 317 g/mol. The predicted octanol–water partition coefficient (Wildman–Crippen LogP) is 4.70. The highest BCUT2D eigenvalue weighted by atomic mass is 32.2. The lowest BCUT2D eigenvalue weighted by Crippen LogP contribution is -2.35. The summed E-state index contributed by atoms with van der Waals surface area (Å²) in [5.74, 6) is -0.138. The van der Waals surface area contributed by atoms with E-state index in [1.165, 1.54) is 6.08 Å². The lowest BCUT2D eigenvalue weighted by molar-refractivity contribution is -0.0539. The van der Waals surface area contributed by atoms with E-state index in [9.17, 15) is 21.6 Å². The van der Waals surface area contributed by atoms with E-state index >= 15 is 0 Å². The Kier molecular flexibility index (Phi) is 5.54. The Morgan fingerprint density at radius 3 is 2.64 bits per heavy atom. The maximum atomic E-state index is 12.5. The van der Waals surface area contributed by atoms with Crippen LogP contribution in [-0.2, 0) is 14.3 Å². The van der Waals surface area contributed by atoms with Crippen molar-refractivity contribution in [2.75, 3.05) is 0 Å². The molecule has 0 fully saturated rings. The zero-order valence-electron chi connectivity index (χ0n) is 12.9. The third-order valence-corrected chi connectivity index (χ3v) is 5.20. The summed E-state index contributed by atoms with van der Waals surface area (Å²) < 4.78 is 64.6. The largest absolute Gasteiger partial charge is 0.534 e. The van der Waals surface area contributed by atoms with Gasteiger partial charge in [-0.25, -0.2) is 0 Å². The van der Waals surface area contributed by atoms with Gasteiger partial charge in [-0.05, 0) is 38.2 Å². The van der Waals surface area contributed by atoms with Gasteiger partial charge in [-0.1, -0.05) is 38.2 Å². The van der Waals surface area contributed by atoms with Crippen LogP contribution in [0.3, 0.4) is 0 Å². The topological polar surface area (TPSA) is 43.4 Å². The van der Waals surface area contributed by atoms with Gasteiger partial charge in [0.1, 0.15) is 5.76 Å². The van der Waals surface area contributed by atoms with E-state index in [0.29, 0.717) is 12.8 Å². The van der Waals surface area contributed by atoms with Gasteiger partial charge in [0.05, 0.1) is 0 Å². The Morgan fingerprint density at radius 2 is 2.14 bits per heavy atom. The molecule has 0 heterocycles. The summed E-state index contributed by atoms with van der Waals surface area (Å²) in [6.45, 7) is 9.04. The van der Waals surface area contributed by atoms with Crippen molar-refractivity contribution in [2.45, 2.75) is 45.5 Å². The minimum atomic E-state index is -5.65. The van der Waals surface area contributed by atoms with Crippen LogP contribution in [0.15, 0.2) is 36.1 Å². The molecule has 126 valence electrons. The predicted molar refractivity (Wildman–Crippen MR) is 79.2 cm³/mol. The molecule has 3 nitrogen and oxygen atoms in total. The van der Waals surface area contributed by atoms with Crippen LogP contribution in [0.4, 0.5) is 13.2 Å². The Balaban J connectivity index is 3.15. The van der Waals surface area contributed by atoms with Gasteiger partial charge in [-0.3, -0.25) is 0 Å². The van der Waals surface area contributed by atoms with E-state index in [1.54, 1.807) is 13.0 Å². The van der Waals surface area contributed by atoms with E-state index < -0.39 is 21.0 Å². The Labute approximate surface area is 129 Å². The SMILES string of the molecule is C=C/C(C)=C\C[C@]1(C)C(OS(=O)(=O)C(F)(F)F)=CCC[C@@H]1C. The van der Waals surface area contributed by atoms with Gasteiger partial charge >= 0.3 is 15.6 Å². The number of halogens is 3. The van der Waals surface area contributed by atoms with Crippen LogP contribution < -0.4 is 0 Å². The van der Waals surface area contributed by atoms with E-state index in [4.69, 9.17) is 0 Å². The molecule has 7 heteroatoms. The van der Waals surface area contributed by atoms with E-state index in [1.807, 2.05) is 19.9 Å². The first-order valence-corrected chi connectivity index (χ1v) is 8.35. The summed E-state index contributed by atoms with van der Waals surface area (Å²) in [5, 5.41) is 0. The second kappa shape index (κ2) is 6.48. The van der Waals surface area contributed by atoms with Crippen LogP contribution >= 0.6 is 0 Å². The maximum Gasteiger partial charge on any atom is 0.534 e. The molecule has 0 unspecified atom stereocenters. The summed E-state index contributed by atoms with van der Waals surface area (Å²) in [5.41, 5.74) is -5.36. The summed E-state index contributed by atoms with van der Waals surface area (Å²) in [7, 11) is -5.65. The third kappa shape index (κ3) is 3.94.